The summed E-state index contributed by atoms with van der Waals surface area (Å²) in [6.45, 7) is 10.6. The van der Waals surface area contributed by atoms with Crippen molar-refractivity contribution in [3.8, 4) is 0 Å². The summed E-state index contributed by atoms with van der Waals surface area (Å²) in [7, 11) is 0. The molecular weight excluding hydrogens is 408 g/mol. The summed E-state index contributed by atoms with van der Waals surface area (Å²) in [4.78, 5) is 0. The lowest BCUT2D eigenvalue weighted by molar-refractivity contribution is -0.0534. The minimum atomic E-state index is -0.647. The molecule has 0 radical (unpaired) electrons. The largest absolute Gasteiger partial charge is 0.393 e. The van der Waals surface area contributed by atoms with E-state index in [1.165, 1.54) is 11.1 Å². The van der Waals surface area contributed by atoms with Gasteiger partial charge in [-0.25, -0.2) is 0 Å². The predicted molar refractivity (Wildman–Crippen MR) is 127 cm³/mol. The fourth-order valence-electron chi connectivity index (χ4n) is 7.55. The smallest absolute Gasteiger partial charge is 0.0661 e. The van der Waals surface area contributed by atoms with Crippen LogP contribution >= 0.6 is 11.8 Å². The van der Waals surface area contributed by atoms with Crippen LogP contribution in [0.3, 0.4) is 0 Å². The molecule has 3 fully saturated rings. The van der Waals surface area contributed by atoms with E-state index in [4.69, 9.17) is 0 Å². The Labute approximate surface area is 192 Å². The summed E-state index contributed by atoms with van der Waals surface area (Å²) in [5, 5.41) is 42.8. The van der Waals surface area contributed by atoms with Crippen LogP contribution in [0.5, 0.6) is 0 Å². The maximum atomic E-state index is 11.2. The monoisotopic (exact) mass is 450 g/mol. The van der Waals surface area contributed by atoms with Gasteiger partial charge in [-0.05, 0) is 69.0 Å². The Bertz CT molecular complexity index is 755. The van der Waals surface area contributed by atoms with Gasteiger partial charge in [0.2, 0.25) is 0 Å². The second-order valence-electron chi connectivity index (χ2n) is 11.9. The van der Waals surface area contributed by atoms with Gasteiger partial charge in [-0.15, -0.1) is 0 Å². The fraction of sp³-hybridized carbons (Fsp3) is 0.846. The number of allylic oxidation sites excluding steroid dienone is 3. The molecule has 0 aromatic heterocycles. The summed E-state index contributed by atoms with van der Waals surface area (Å²) < 4.78 is 0. The molecule has 4 N–H and O–H groups in total. The van der Waals surface area contributed by atoms with Crippen LogP contribution in [0.4, 0.5) is 0 Å². The Hall–Kier alpha value is -0.330. The molecule has 9 atom stereocenters. The van der Waals surface area contributed by atoms with Gasteiger partial charge in [-0.1, -0.05) is 44.1 Å². The van der Waals surface area contributed by atoms with Gasteiger partial charge in [0.05, 0.1) is 23.9 Å². The molecule has 176 valence electrons. The highest BCUT2D eigenvalue weighted by molar-refractivity contribution is 7.99. The molecule has 4 aliphatic carbocycles. The normalized spacial score (nSPS) is 45.8. The quantitative estimate of drug-likeness (QED) is 0.508. The van der Waals surface area contributed by atoms with Crippen LogP contribution in [-0.4, -0.2) is 55.3 Å². The van der Waals surface area contributed by atoms with Gasteiger partial charge in [-0.2, -0.15) is 11.8 Å². The van der Waals surface area contributed by atoms with Crippen molar-refractivity contribution < 1.29 is 20.4 Å². The number of thioether (sulfide) groups is 1. The second-order valence-corrected chi connectivity index (χ2v) is 13.4. The number of hydrogen-bond acceptors (Lipinski definition) is 5. The van der Waals surface area contributed by atoms with E-state index < -0.39 is 17.8 Å². The van der Waals surface area contributed by atoms with E-state index in [1.54, 1.807) is 0 Å². The van der Waals surface area contributed by atoms with Crippen molar-refractivity contribution in [2.45, 2.75) is 102 Å². The molecule has 4 aliphatic rings. The van der Waals surface area contributed by atoms with E-state index in [-0.39, 0.29) is 22.9 Å². The SMILES string of the molecule is C[C@H](SCCC(C)(C)O)[C@H]1[C@@H](O)C[C@H]2C3=CC=C4C[C@@H](O)C[C@H](O)[C@]4(C)[C@H]3CC[C@]12C. The summed E-state index contributed by atoms with van der Waals surface area (Å²) in [6.07, 6.45) is 7.95. The predicted octanol–water partition coefficient (Wildman–Crippen LogP) is 4.07. The van der Waals surface area contributed by atoms with Gasteiger partial charge < -0.3 is 20.4 Å². The first-order valence-electron chi connectivity index (χ1n) is 12.2. The van der Waals surface area contributed by atoms with E-state index in [2.05, 4.69) is 32.9 Å². The van der Waals surface area contributed by atoms with Crippen molar-refractivity contribution in [3.05, 3.63) is 23.3 Å². The van der Waals surface area contributed by atoms with E-state index in [0.29, 0.717) is 29.9 Å². The van der Waals surface area contributed by atoms with Crippen molar-refractivity contribution >= 4 is 11.8 Å². The van der Waals surface area contributed by atoms with E-state index in [1.807, 2.05) is 25.6 Å². The minimum absolute atomic E-state index is 0.0593. The van der Waals surface area contributed by atoms with Crippen LogP contribution in [0.2, 0.25) is 0 Å². The topological polar surface area (TPSA) is 80.9 Å². The van der Waals surface area contributed by atoms with Gasteiger partial charge in [0.15, 0.2) is 0 Å². The molecule has 0 amide bonds. The Balaban J connectivity index is 1.57. The first-order valence-corrected chi connectivity index (χ1v) is 13.2. The zero-order chi connectivity index (χ0) is 22.8. The minimum Gasteiger partial charge on any atom is -0.393 e. The lowest BCUT2D eigenvalue weighted by atomic mass is 9.49. The van der Waals surface area contributed by atoms with Crippen molar-refractivity contribution in [1.82, 2.24) is 0 Å². The number of aliphatic hydroxyl groups excluding tert-OH is 3. The molecule has 4 rings (SSSR count). The van der Waals surface area contributed by atoms with Crippen molar-refractivity contribution in [1.29, 1.82) is 0 Å². The molecule has 31 heavy (non-hydrogen) atoms. The van der Waals surface area contributed by atoms with Gasteiger partial charge >= 0.3 is 0 Å². The van der Waals surface area contributed by atoms with Crippen LogP contribution in [0.15, 0.2) is 23.3 Å². The molecule has 5 heteroatoms. The molecule has 0 heterocycles. The Morgan fingerprint density at radius 1 is 1.13 bits per heavy atom. The highest BCUT2D eigenvalue weighted by Gasteiger charge is 2.61. The maximum Gasteiger partial charge on any atom is 0.0661 e. The van der Waals surface area contributed by atoms with Crippen LogP contribution in [-0.2, 0) is 0 Å². The van der Waals surface area contributed by atoms with Crippen molar-refractivity contribution in [2.24, 2.45) is 28.6 Å². The van der Waals surface area contributed by atoms with Crippen LogP contribution in [0.1, 0.15) is 73.1 Å². The third kappa shape index (κ3) is 3.97. The summed E-state index contributed by atoms with van der Waals surface area (Å²) in [6, 6.07) is 0. The Kier molecular flexibility index (Phi) is 6.27. The Morgan fingerprint density at radius 2 is 1.84 bits per heavy atom. The third-order valence-corrected chi connectivity index (χ3v) is 10.6. The zero-order valence-electron chi connectivity index (χ0n) is 19.8. The number of aliphatic hydroxyl groups is 4. The number of rotatable bonds is 5. The van der Waals surface area contributed by atoms with E-state index in [9.17, 15) is 20.4 Å². The fourth-order valence-corrected chi connectivity index (χ4v) is 9.24. The third-order valence-electron chi connectivity index (χ3n) is 9.36. The molecule has 0 aromatic carbocycles. The van der Waals surface area contributed by atoms with Crippen LogP contribution in [0, 0.1) is 28.6 Å². The lowest BCUT2D eigenvalue weighted by Gasteiger charge is -2.56. The van der Waals surface area contributed by atoms with Crippen LogP contribution in [0.25, 0.3) is 0 Å². The molecule has 0 aliphatic heterocycles. The summed E-state index contributed by atoms with van der Waals surface area (Å²) in [5.41, 5.74) is 1.74. The molecule has 0 spiro atoms. The highest BCUT2D eigenvalue weighted by atomic mass is 32.2. The van der Waals surface area contributed by atoms with Gasteiger partial charge in [0.1, 0.15) is 0 Å². The zero-order valence-corrected chi connectivity index (χ0v) is 20.7. The van der Waals surface area contributed by atoms with E-state index >= 15 is 0 Å². The molecule has 0 unspecified atom stereocenters. The van der Waals surface area contributed by atoms with Gasteiger partial charge in [0.25, 0.3) is 0 Å². The molecule has 4 nitrogen and oxygen atoms in total. The molecule has 0 saturated heterocycles. The maximum absolute atomic E-state index is 11.2. The first-order chi connectivity index (χ1) is 14.4. The number of hydrogen-bond donors (Lipinski definition) is 4. The standard InChI is InChI=1S/C26H42O4S/c1-15(31-11-10-24(2,3)30)23-21(28)14-20-18-7-6-16-12-17(27)13-22(29)26(16,5)19(18)8-9-25(20,23)4/h6-7,15,17,19-23,27-30H,8-14H2,1-5H3/t15-,17+,19-,20-,21-,22-,23-,25-,26-/m0/s1. The molecule has 3 saturated carbocycles. The van der Waals surface area contributed by atoms with Crippen molar-refractivity contribution in [3.63, 3.8) is 0 Å². The summed E-state index contributed by atoms with van der Waals surface area (Å²) in [5.74, 6) is 1.79. The first kappa shape index (κ1) is 23.8. The van der Waals surface area contributed by atoms with Crippen molar-refractivity contribution in [2.75, 3.05) is 5.75 Å². The van der Waals surface area contributed by atoms with Gasteiger partial charge in [0, 0.05) is 23.0 Å². The Morgan fingerprint density at radius 3 is 2.52 bits per heavy atom. The average molecular weight is 451 g/mol. The molecule has 0 aromatic rings. The van der Waals surface area contributed by atoms with Gasteiger partial charge in [-0.3, -0.25) is 0 Å². The summed E-state index contributed by atoms with van der Waals surface area (Å²) >= 11 is 1.89. The van der Waals surface area contributed by atoms with Crippen LogP contribution < -0.4 is 0 Å². The number of fused-ring (bicyclic) bond motifs is 5. The second kappa shape index (κ2) is 8.16. The average Bonchev–Trinajstić information content (AvgIpc) is 2.92. The molecule has 0 bridgehead atoms. The highest BCUT2D eigenvalue weighted by Crippen LogP contribution is 2.66. The van der Waals surface area contributed by atoms with E-state index in [0.717, 1.165) is 31.4 Å². The molecular formula is C26H42O4S. The lowest BCUT2D eigenvalue weighted by Crippen LogP contribution is -2.52.